The SMILES string of the molecule is O=C(NCCc1nc2ccccc2n1CCCOc1ccc(Cl)cc1)C1CC1. The first-order valence-electron chi connectivity index (χ1n) is 9.81. The van der Waals surface area contributed by atoms with Gasteiger partial charge in [-0.3, -0.25) is 4.79 Å². The number of rotatable bonds is 9. The molecule has 1 aliphatic carbocycles. The Hall–Kier alpha value is -2.53. The molecule has 1 aliphatic rings. The number of hydrogen-bond acceptors (Lipinski definition) is 3. The Morgan fingerprint density at radius 3 is 2.75 bits per heavy atom. The van der Waals surface area contributed by atoms with Crippen LogP contribution in [0.15, 0.2) is 48.5 Å². The number of carbonyl (C=O) groups excluding carboxylic acids is 1. The predicted molar refractivity (Wildman–Crippen MR) is 111 cm³/mol. The lowest BCUT2D eigenvalue weighted by Gasteiger charge is -2.11. The molecule has 0 atom stereocenters. The molecule has 2 aromatic carbocycles. The molecule has 1 amide bonds. The highest BCUT2D eigenvalue weighted by molar-refractivity contribution is 6.30. The van der Waals surface area contributed by atoms with Gasteiger partial charge in [-0.1, -0.05) is 23.7 Å². The van der Waals surface area contributed by atoms with Crippen LogP contribution in [0.1, 0.15) is 25.1 Å². The summed E-state index contributed by atoms with van der Waals surface area (Å²) in [5.74, 6) is 2.24. The van der Waals surface area contributed by atoms with E-state index in [1.165, 1.54) is 0 Å². The van der Waals surface area contributed by atoms with Crippen molar-refractivity contribution in [3.8, 4) is 5.75 Å². The molecular formula is C22H24ClN3O2. The number of carbonyl (C=O) groups is 1. The normalized spacial score (nSPS) is 13.6. The fourth-order valence-electron chi connectivity index (χ4n) is 3.30. The number of para-hydroxylation sites is 2. The fourth-order valence-corrected chi connectivity index (χ4v) is 3.42. The molecule has 0 unspecified atom stereocenters. The van der Waals surface area contributed by atoms with Crippen LogP contribution >= 0.6 is 11.6 Å². The Morgan fingerprint density at radius 1 is 1.18 bits per heavy atom. The van der Waals surface area contributed by atoms with Gasteiger partial charge in [0.15, 0.2) is 0 Å². The van der Waals surface area contributed by atoms with E-state index in [4.69, 9.17) is 21.3 Å². The second-order valence-corrected chi connectivity index (χ2v) is 7.58. The third-order valence-electron chi connectivity index (χ3n) is 4.94. The fraction of sp³-hybridized carbons (Fsp3) is 0.364. The van der Waals surface area contributed by atoms with Gasteiger partial charge in [0.25, 0.3) is 0 Å². The molecule has 1 fully saturated rings. The molecule has 1 N–H and O–H groups in total. The highest BCUT2D eigenvalue weighted by atomic mass is 35.5. The number of fused-ring (bicyclic) bond motifs is 1. The lowest BCUT2D eigenvalue weighted by molar-refractivity contribution is -0.122. The van der Waals surface area contributed by atoms with Gasteiger partial charge >= 0.3 is 0 Å². The third kappa shape index (κ3) is 4.65. The third-order valence-corrected chi connectivity index (χ3v) is 5.19. The van der Waals surface area contributed by atoms with Gasteiger partial charge in [-0.2, -0.15) is 0 Å². The largest absolute Gasteiger partial charge is 0.494 e. The molecule has 28 heavy (non-hydrogen) atoms. The highest BCUT2D eigenvalue weighted by Gasteiger charge is 2.29. The maximum absolute atomic E-state index is 11.9. The van der Waals surface area contributed by atoms with Gasteiger partial charge in [0, 0.05) is 30.5 Å². The van der Waals surface area contributed by atoms with Gasteiger partial charge < -0.3 is 14.6 Å². The Labute approximate surface area is 169 Å². The second kappa shape index (κ2) is 8.65. The molecule has 146 valence electrons. The predicted octanol–water partition coefficient (Wildman–Crippen LogP) is 4.23. The number of imidazole rings is 1. The topological polar surface area (TPSA) is 56.2 Å². The number of ether oxygens (including phenoxy) is 1. The van der Waals surface area contributed by atoms with Crippen molar-refractivity contribution in [3.63, 3.8) is 0 Å². The van der Waals surface area contributed by atoms with Crippen molar-refractivity contribution >= 4 is 28.5 Å². The molecular weight excluding hydrogens is 374 g/mol. The number of halogens is 1. The second-order valence-electron chi connectivity index (χ2n) is 7.14. The van der Waals surface area contributed by atoms with Gasteiger partial charge in [-0.25, -0.2) is 4.98 Å². The summed E-state index contributed by atoms with van der Waals surface area (Å²) in [5, 5.41) is 3.73. The number of aromatic nitrogens is 2. The van der Waals surface area contributed by atoms with Crippen LogP contribution < -0.4 is 10.1 Å². The van der Waals surface area contributed by atoms with Crippen molar-refractivity contribution in [3.05, 3.63) is 59.4 Å². The van der Waals surface area contributed by atoms with E-state index in [1.807, 2.05) is 42.5 Å². The summed E-state index contributed by atoms with van der Waals surface area (Å²) in [6, 6.07) is 15.6. The molecule has 0 bridgehead atoms. The minimum absolute atomic E-state index is 0.180. The van der Waals surface area contributed by atoms with Crippen LogP contribution in [0.25, 0.3) is 11.0 Å². The van der Waals surface area contributed by atoms with E-state index in [-0.39, 0.29) is 11.8 Å². The van der Waals surface area contributed by atoms with Crippen LogP contribution in [0, 0.1) is 5.92 Å². The minimum Gasteiger partial charge on any atom is -0.494 e. The van der Waals surface area contributed by atoms with E-state index in [0.29, 0.717) is 18.2 Å². The minimum atomic E-state index is 0.180. The molecule has 0 saturated heterocycles. The number of hydrogen-bond donors (Lipinski definition) is 1. The monoisotopic (exact) mass is 397 g/mol. The zero-order valence-electron chi connectivity index (χ0n) is 15.7. The number of nitrogens with one attached hydrogen (secondary N) is 1. The Morgan fingerprint density at radius 2 is 1.96 bits per heavy atom. The van der Waals surface area contributed by atoms with Gasteiger partial charge in [0.1, 0.15) is 11.6 Å². The quantitative estimate of drug-likeness (QED) is 0.550. The molecule has 3 aromatic rings. The first kappa shape index (κ1) is 18.8. The van der Waals surface area contributed by atoms with Gasteiger partial charge in [0.05, 0.1) is 17.6 Å². The number of aryl methyl sites for hydroxylation is 1. The Balaban J connectivity index is 1.36. The summed E-state index contributed by atoms with van der Waals surface area (Å²) >= 11 is 5.90. The van der Waals surface area contributed by atoms with Crippen LogP contribution in [0.3, 0.4) is 0 Å². The maximum atomic E-state index is 11.9. The van der Waals surface area contributed by atoms with Gasteiger partial charge in [0.2, 0.25) is 5.91 Å². The Kier molecular flexibility index (Phi) is 5.81. The van der Waals surface area contributed by atoms with Crippen molar-refractivity contribution in [1.82, 2.24) is 14.9 Å². The van der Waals surface area contributed by atoms with Crippen LogP contribution in [0.2, 0.25) is 5.02 Å². The zero-order valence-corrected chi connectivity index (χ0v) is 16.5. The van der Waals surface area contributed by atoms with Crippen molar-refractivity contribution in [1.29, 1.82) is 0 Å². The van der Waals surface area contributed by atoms with Crippen molar-refractivity contribution in [2.75, 3.05) is 13.2 Å². The standard InChI is InChI=1S/C22H24ClN3O2/c23-17-8-10-18(11-9-17)28-15-3-14-26-20-5-2-1-4-19(20)25-21(26)12-13-24-22(27)16-6-7-16/h1-2,4-5,8-11,16H,3,6-7,12-15H2,(H,24,27). The summed E-state index contributed by atoms with van der Waals surface area (Å²) in [6.45, 7) is 2.06. The number of amides is 1. The lowest BCUT2D eigenvalue weighted by atomic mass is 10.3. The van der Waals surface area contributed by atoms with Crippen LogP contribution in [-0.4, -0.2) is 28.6 Å². The van der Waals surface area contributed by atoms with E-state index in [9.17, 15) is 4.79 Å². The molecule has 0 spiro atoms. The van der Waals surface area contributed by atoms with E-state index in [1.54, 1.807) is 0 Å². The zero-order chi connectivity index (χ0) is 19.3. The van der Waals surface area contributed by atoms with Crippen LogP contribution in [-0.2, 0) is 17.8 Å². The highest BCUT2D eigenvalue weighted by Crippen LogP contribution is 2.28. The summed E-state index contributed by atoms with van der Waals surface area (Å²) in [6.07, 6.45) is 3.64. The molecule has 0 aliphatic heterocycles. The summed E-state index contributed by atoms with van der Waals surface area (Å²) in [5.41, 5.74) is 2.11. The molecule has 6 heteroatoms. The van der Waals surface area contributed by atoms with E-state index in [0.717, 1.165) is 54.8 Å². The molecule has 4 rings (SSSR count). The lowest BCUT2D eigenvalue weighted by Crippen LogP contribution is -2.27. The summed E-state index contributed by atoms with van der Waals surface area (Å²) in [4.78, 5) is 16.6. The summed E-state index contributed by atoms with van der Waals surface area (Å²) in [7, 11) is 0. The summed E-state index contributed by atoms with van der Waals surface area (Å²) < 4.78 is 8.05. The molecule has 0 radical (unpaired) electrons. The average Bonchev–Trinajstić information content (AvgIpc) is 3.50. The number of nitrogens with zero attached hydrogens (tertiary/aromatic N) is 2. The molecule has 1 aromatic heterocycles. The van der Waals surface area contributed by atoms with E-state index in [2.05, 4.69) is 16.0 Å². The molecule has 5 nitrogen and oxygen atoms in total. The van der Waals surface area contributed by atoms with E-state index < -0.39 is 0 Å². The van der Waals surface area contributed by atoms with Gasteiger partial charge in [-0.15, -0.1) is 0 Å². The smallest absolute Gasteiger partial charge is 0.223 e. The number of benzene rings is 2. The van der Waals surface area contributed by atoms with Crippen molar-refractivity contribution < 1.29 is 9.53 Å². The maximum Gasteiger partial charge on any atom is 0.223 e. The molecule has 1 heterocycles. The van der Waals surface area contributed by atoms with Crippen LogP contribution in [0.4, 0.5) is 0 Å². The van der Waals surface area contributed by atoms with Crippen LogP contribution in [0.5, 0.6) is 5.75 Å². The average molecular weight is 398 g/mol. The van der Waals surface area contributed by atoms with Crippen molar-refractivity contribution in [2.24, 2.45) is 5.92 Å². The van der Waals surface area contributed by atoms with Crippen molar-refractivity contribution in [2.45, 2.75) is 32.2 Å². The molecule has 1 saturated carbocycles. The first-order chi connectivity index (χ1) is 13.7. The Bertz CT molecular complexity index is 948. The van der Waals surface area contributed by atoms with Gasteiger partial charge in [-0.05, 0) is 55.7 Å². The van der Waals surface area contributed by atoms with E-state index >= 15 is 0 Å². The first-order valence-corrected chi connectivity index (χ1v) is 10.2.